The summed E-state index contributed by atoms with van der Waals surface area (Å²) in [5, 5.41) is 8.57. The summed E-state index contributed by atoms with van der Waals surface area (Å²) >= 11 is -2.04. The van der Waals surface area contributed by atoms with Crippen LogP contribution in [0.5, 0.6) is 0 Å². The molecule has 0 saturated carbocycles. The zero-order chi connectivity index (χ0) is 7.49. The van der Waals surface area contributed by atoms with Gasteiger partial charge in [0.25, 0.3) is 0 Å². The molecule has 1 N–H and O–H groups in total. The minimum atomic E-state index is -2.04. The van der Waals surface area contributed by atoms with E-state index in [4.69, 9.17) is 5.11 Å². The van der Waals surface area contributed by atoms with Crippen molar-refractivity contribution in [2.24, 2.45) is 5.41 Å². The Morgan fingerprint density at radius 1 is 1.67 bits per heavy atom. The zero-order valence-electron chi connectivity index (χ0n) is 5.59. The lowest BCUT2D eigenvalue weighted by Crippen LogP contribution is -2.24. The van der Waals surface area contributed by atoms with Gasteiger partial charge in [0.1, 0.15) is 0 Å². The van der Waals surface area contributed by atoms with Crippen LogP contribution in [0.1, 0.15) is 13.8 Å². The van der Waals surface area contributed by atoms with Crippen LogP contribution in [0.25, 0.3) is 0 Å². The molecular formula is C5H11O3S-. The Labute approximate surface area is 57.4 Å². The third-order valence-corrected chi connectivity index (χ3v) is 1.95. The summed E-state index contributed by atoms with van der Waals surface area (Å²) in [4.78, 5) is 0. The van der Waals surface area contributed by atoms with Gasteiger partial charge < -0.3 is 9.66 Å². The SMILES string of the molecule is CC(C)(CO)CS(=O)[O-]. The van der Waals surface area contributed by atoms with Crippen molar-refractivity contribution in [3.63, 3.8) is 0 Å². The standard InChI is InChI=1S/C5H12O3S/c1-5(2,3-6)4-9(7)8/h6H,3-4H2,1-2H3,(H,7,8)/p-1. The highest BCUT2D eigenvalue weighted by molar-refractivity contribution is 7.79. The van der Waals surface area contributed by atoms with Crippen molar-refractivity contribution < 1.29 is 13.9 Å². The number of aliphatic hydroxyl groups is 1. The second kappa shape index (κ2) is 3.29. The van der Waals surface area contributed by atoms with Crippen molar-refractivity contribution in [3.8, 4) is 0 Å². The molecule has 0 rings (SSSR count). The minimum Gasteiger partial charge on any atom is -0.772 e. The minimum absolute atomic E-state index is 0.0174. The van der Waals surface area contributed by atoms with Gasteiger partial charge in [-0.15, -0.1) is 0 Å². The lowest BCUT2D eigenvalue weighted by atomic mass is 9.98. The maximum Gasteiger partial charge on any atom is 0.0490 e. The fourth-order valence-electron chi connectivity index (χ4n) is 0.365. The first-order valence-corrected chi connectivity index (χ1v) is 3.89. The molecule has 0 aliphatic rings. The molecule has 0 saturated heterocycles. The van der Waals surface area contributed by atoms with E-state index < -0.39 is 16.5 Å². The summed E-state index contributed by atoms with van der Waals surface area (Å²) < 4.78 is 20.1. The predicted molar refractivity (Wildman–Crippen MR) is 34.7 cm³/mol. The number of aliphatic hydroxyl groups excluding tert-OH is 1. The van der Waals surface area contributed by atoms with Crippen molar-refractivity contribution in [1.29, 1.82) is 0 Å². The largest absolute Gasteiger partial charge is 0.772 e. The van der Waals surface area contributed by atoms with E-state index in [1.807, 2.05) is 0 Å². The van der Waals surface area contributed by atoms with Crippen molar-refractivity contribution >= 4 is 11.1 Å². The van der Waals surface area contributed by atoms with Crippen LogP contribution in [-0.2, 0) is 11.1 Å². The summed E-state index contributed by atoms with van der Waals surface area (Å²) in [6.45, 7) is 3.30. The van der Waals surface area contributed by atoms with Crippen LogP contribution in [-0.4, -0.2) is 26.2 Å². The second-order valence-electron chi connectivity index (χ2n) is 2.77. The molecule has 0 bridgehead atoms. The summed E-state index contributed by atoms with van der Waals surface area (Å²) in [7, 11) is 0. The highest BCUT2D eigenvalue weighted by atomic mass is 32.2. The van der Waals surface area contributed by atoms with E-state index in [9.17, 15) is 8.76 Å². The van der Waals surface area contributed by atoms with E-state index in [0.29, 0.717) is 0 Å². The van der Waals surface area contributed by atoms with Gasteiger partial charge in [-0.3, -0.25) is 4.21 Å². The van der Waals surface area contributed by atoms with Gasteiger partial charge in [-0.25, -0.2) is 0 Å². The van der Waals surface area contributed by atoms with Gasteiger partial charge in [-0.05, 0) is 5.41 Å². The van der Waals surface area contributed by atoms with Crippen LogP contribution >= 0.6 is 0 Å². The van der Waals surface area contributed by atoms with Gasteiger partial charge in [0.2, 0.25) is 0 Å². The van der Waals surface area contributed by atoms with Gasteiger partial charge in [0.15, 0.2) is 0 Å². The molecule has 1 atom stereocenters. The summed E-state index contributed by atoms with van der Waals surface area (Å²) in [5.74, 6) is 0.0174. The molecular weight excluding hydrogens is 140 g/mol. The molecule has 0 aromatic rings. The van der Waals surface area contributed by atoms with Crippen molar-refractivity contribution in [1.82, 2.24) is 0 Å². The molecule has 0 spiro atoms. The molecule has 0 heterocycles. The molecule has 56 valence electrons. The Balaban J connectivity index is 3.71. The number of hydrogen-bond acceptors (Lipinski definition) is 3. The van der Waals surface area contributed by atoms with Crippen LogP contribution in [0.3, 0.4) is 0 Å². The average Bonchev–Trinajstić information content (AvgIpc) is 1.63. The molecule has 0 radical (unpaired) electrons. The van der Waals surface area contributed by atoms with Gasteiger partial charge in [-0.1, -0.05) is 24.9 Å². The molecule has 1 unspecified atom stereocenters. The van der Waals surface area contributed by atoms with Crippen molar-refractivity contribution in [2.45, 2.75) is 13.8 Å². The lowest BCUT2D eigenvalue weighted by molar-refractivity contribution is 0.178. The Morgan fingerprint density at radius 2 is 2.11 bits per heavy atom. The van der Waals surface area contributed by atoms with E-state index in [0.717, 1.165) is 0 Å². The molecule has 0 aliphatic heterocycles. The molecule has 0 aromatic heterocycles. The molecule has 4 heteroatoms. The Kier molecular flexibility index (Phi) is 3.32. The monoisotopic (exact) mass is 151 g/mol. The quantitative estimate of drug-likeness (QED) is 0.572. The number of hydrogen-bond donors (Lipinski definition) is 1. The first-order valence-electron chi connectivity index (χ1n) is 2.65. The first-order chi connectivity index (χ1) is 3.98. The van der Waals surface area contributed by atoms with Gasteiger partial charge in [-0.2, -0.15) is 0 Å². The molecule has 0 amide bonds. The van der Waals surface area contributed by atoms with E-state index in [2.05, 4.69) is 0 Å². The Morgan fingerprint density at radius 3 is 2.22 bits per heavy atom. The predicted octanol–water partition coefficient (Wildman–Crippen LogP) is -0.116. The molecule has 3 nitrogen and oxygen atoms in total. The van der Waals surface area contributed by atoms with Gasteiger partial charge in [0.05, 0.1) is 0 Å². The summed E-state index contributed by atoms with van der Waals surface area (Å²) in [6, 6.07) is 0. The van der Waals surface area contributed by atoms with E-state index in [1.54, 1.807) is 13.8 Å². The second-order valence-corrected chi connectivity index (χ2v) is 3.67. The molecule has 0 aliphatic carbocycles. The van der Waals surface area contributed by atoms with Crippen LogP contribution in [0.2, 0.25) is 0 Å². The van der Waals surface area contributed by atoms with Crippen LogP contribution in [0.4, 0.5) is 0 Å². The van der Waals surface area contributed by atoms with Gasteiger partial charge >= 0.3 is 0 Å². The van der Waals surface area contributed by atoms with E-state index >= 15 is 0 Å². The van der Waals surface area contributed by atoms with Crippen molar-refractivity contribution in [3.05, 3.63) is 0 Å². The molecule has 0 aromatic carbocycles. The highest BCUT2D eigenvalue weighted by Crippen LogP contribution is 2.13. The topological polar surface area (TPSA) is 60.4 Å². The van der Waals surface area contributed by atoms with Crippen LogP contribution < -0.4 is 0 Å². The fourth-order valence-corrected chi connectivity index (χ4v) is 1.09. The average molecular weight is 151 g/mol. The third kappa shape index (κ3) is 4.57. The maximum atomic E-state index is 10.1. The Bertz CT molecular complexity index is 111. The fraction of sp³-hybridized carbons (Fsp3) is 1.00. The molecule has 0 fully saturated rings. The highest BCUT2D eigenvalue weighted by Gasteiger charge is 2.15. The van der Waals surface area contributed by atoms with Crippen molar-refractivity contribution in [2.75, 3.05) is 12.4 Å². The maximum absolute atomic E-state index is 10.1. The summed E-state index contributed by atoms with van der Waals surface area (Å²) in [6.07, 6.45) is 0. The smallest absolute Gasteiger partial charge is 0.0490 e. The summed E-state index contributed by atoms with van der Waals surface area (Å²) in [5.41, 5.74) is -0.493. The molecule has 9 heavy (non-hydrogen) atoms. The van der Waals surface area contributed by atoms with E-state index in [-0.39, 0.29) is 12.4 Å². The van der Waals surface area contributed by atoms with Crippen LogP contribution in [0.15, 0.2) is 0 Å². The van der Waals surface area contributed by atoms with Gasteiger partial charge in [0, 0.05) is 12.4 Å². The number of rotatable bonds is 3. The normalized spacial score (nSPS) is 15.6. The zero-order valence-corrected chi connectivity index (χ0v) is 6.40. The lowest BCUT2D eigenvalue weighted by Gasteiger charge is -2.22. The van der Waals surface area contributed by atoms with E-state index in [1.165, 1.54) is 0 Å². The third-order valence-electron chi connectivity index (χ3n) is 0.937. The first kappa shape index (κ1) is 9.07. The Hall–Kier alpha value is 0.0700. The van der Waals surface area contributed by atoms with Crippen LogP contribution in [0, 0.1) is 5.41 Å².